The molecule has 3 aromatic rings. The third-order valence-electron chi connectivity index (χ3n) is 11.3. The van der Waals surface area contributed by atoms with Gasteiger partial charge in [0.15, 0.2) is 17.3 Å². The van der Waals surface area contributed by atoms with Gasteiger partial charge in [0, 0.05) is 55.9 Å². The van der Waals surface area contributed by atoms with E-state index in [0.29, 0.717) is 41.0 Å². The summed E-state index contributed by atoms with van der Waals surface area (Å²) in [5.41, 5.74) is 20.5. The van der Waals surface area contributed by atoms with E-state index in [2.05, 4.69) is 12.2 Å². The molecule has 1 aliphatic rings. The van der Waals surface area contributed by atoms with Crippen LogP contribution >= 0.6 is 0 Å². The second-order valence-electron chi connectivity index (χ2n) is 16.2. The number of hydrogen-bond donors (Lipinski definition) is 4. The van der Waals surface area contributed by atoms with Crippen LogP contribution in [-0.4, -0.2) is 80.0 Å². The van der Waals surface area contributed by atoms with E-state index in [0.717, 1.165) is 30.4 Å². The van der Waals surface area contributed by atoms with Gasteiger partial charge in [0.05, 0.1) is 11.6 Å². The van der Waals surface area contributed by atoms with Crippen molar-refractivity contribution in [3.05, 3.63) is 82.7 Å². The third-order valence-corrected chi connectivity index (χ3v) is 11.3. The molecule has 7 N–H and O–H groups in total. The lowest BCUT2D eigenvalue weighted by molar-refractivity contribution is -0.142. The molecule has 2 amide bonds. The predicted octanol–water partition coefficient (Wildman–Crippen LogP) is 6.42. The Kier molecular flexibility index (Phi) is 19.5. The van der Waals surface area contributed by atoms with Gasteiger partial charge in [-0.15, -0.1) is 0 Å². The first kappa shape index (κ1) is 48.7. The maximum absolute atomic E-state index is 15.5. The number of carbonyl (C=O) groups excluding carboxylic acids is 5. The van der Waals surface area contributed by atoms with Crippen molar-refractivity contribution >= 4 is 29.2 Å². The first-order chi connectivity index (χ1) is 29.3. The molecule has 0 radical (unpaired) electrons. The summed E-state index contributed by atoms with van der Waals surface area (Å²) < 4.78 is 27.7. The lowest BCUT2D eigenvalue weighted by Gasteiger charge is -2.32. The smallest absolute Gasteiger partial charge is 0.226 e. The van der Waals surface area contributed by atoms with Crippen molar-refractivity contribution in [3.63, 3.8) is 0 Å². The van der Waals surface area contributed by atoms with E-state index < -0.39 is 53.1 Å². The van der Waals surface area contributed by atoms with Crippen LogP contribution in [0.1, 0.15) is 118 Å². The van der Waals surface area contributed by atoms with Gasteiger partial charge < -0.3 is 36.9 Å². The summed E-state index contributed by atoms with van der Waals surface area (Å²) in [7, 11) is 1.50. The van der Waals surface area contributed by atoms with Gasteiger partial charge in [-0.25, -0.2) is 4.39 Å². The summed E-state index contributed by atoms with van der Waals surface area (Å²) in [6.45, 7) is 6.26. The fourth-order valence-corrected chi connectivity index (χ4v) is 7.89. The number of fused-ring (bicyclic) bond motifs is 5. The molecule has 1 aliphatic heterocycles. The molecular formula is C48H66FN5O7. The number of benzene rings is 3. The van der Waals surface area contributed by atoms with Gasteiger partial charge in [0.1, 0.15) is 36.6 Å². The largest absolute Gasteiger partial charge is 0.492 e. The number of nitrogens with zero attached hydrogens (tertiary/aromatic N) is 1. The highest BCUT2D eigenvalue weighted by Crippen LogP contribution is 2.41. The molecule has 4 bridgehead atoms. The van der Waals surface area contributed by atoms with E-state index in [4.69, 9.17) is 26.7 Å². The van der Waals surface area contributed by atoms with Crippen molar-refractivity contribution in [1.29, 1.82) is 0 Å². The highest BCUT2D eigenvalue weighted by atomic mass is 19.1. The zero-order valence-electron chi connectivity index (χ0n) is 36.4. The van der Waals surface area contributed by atoms with Gasteiger partial charge in [-0.3, -0.25) is 24.0 Å². The number of unbranched alkanes of at least 4 members (excludes halogenated alkanes) is 5. The number of ether oxygens (including phenoxy) is 2. The summed E-state index contributed by atoms with van der Waals surface area (Å²) in [4.78, 5) is 70.8. The van der Waals surface area contributed by atoms with Crippen molar-refractivity contribution < 1.29 is 37.8 Å². The van der Waals surface area contributed by atoms with Crippen LogP contribution in [0.4, 0.5) is 4.39 Å². The molecule has 13 heteroatoms. The molecule has 12 nitrogen and oxygen atoms in total. The molecule has 1 heterocycles. The van der Waals surface area contributed by atoms with Gasteiger partial charge >= 0.3 is 0 Å². The molecule has 61 heavy (non-hydrogen) atoms. The minimum absolute atomic E-state index is 0.0923. The monoisotopic (exact) mass is 843 g/mol. The Morgan fingerprint density at radius 1 is 0.836 bits per heavy atom. The predicted molar refractivity (Wildman–Crippen MR) is 236 cm³/mol. The number of nitrogens with two attached hydrogens (primary N) is 3. The van der Waals surface area contributed by atoms with Crippen LogP contribution in [0, 0.1) is 17.7 Å². The number of rotatable bonds is 22. The topological polar surface area (TPSA) is 197 Å². The number of halogens is 1. The number of carbonyl (C=O) groups is 5. The molecule has 0 aliphatic carbocycles. The van der Waals surface area contributed by atoms with E-state index in [1.54, 1.807) is 37.3 Å². The van der Waals surface area contributed by atoms with E-state index in [9.17, 15) is 24.0 Å². The van der Waals surface area contributed by atoms with Gasteiger partial charge in [0.25, 0.3) is 0 Å². The second-order valence-corrected chi connectivity index (χ2v) is 16.2. The Labute approximate surface area is 360 Å². The Bertz CT molecular complexity index is 1970. The van der Waals surface area contributed by atoms with Gasteiger partial charge in [-0.05, 0) is 98.7 Å². The molecule has 4 atom stereocenters. The summed E-state index contributed by atoms with van der Waals surface area (Å²) in [5.74, 6) is -3.74. The molecule has 332 valence electrons. The van der Waals surface area contributed by atoms with Gasteiger partial charge in [-0.2, -0.15) is 0 Å². The fourth-order valence-electron chi connectivity index (χ4n) is 7.89. The van der Waals surface area contributed by atoms with Crippen LogP contribution in [0.15, 0.2) is 54.6 Å². The minimum Gasteiger partial charge on any atom is -0.492 e. The van der Waals surface area contributed by atoms with Gasteiger partial charge in [0.2, 0.25) is 11.8 Å². The van der Waals surface area contributed by atoms with Crippen LogP contribution < -0.4 is 32.0 Å². The summed E-state index contributed by atoms with van der Waals surface area (Å²) >= 11 is 0. The quantitative estimate of drug-likeness (QED) is 0.0647. The number of Topliss-reactive ketones (excluding diaryl/α,β-unsaturated/α-hetero) is 3. The minimum atomic E-state index is -1.22. The van der Waals surface area contributed by atoms with E-state index >= 15 is 4.39 Å². The Balaban J connectivity index is 1.76. The van der Waals surface area contributed by atoms with Crippen LogP contribution in [-0.2, 0) is 32.0 Å². The number of amides is 2. The fraction of sp³-hybridized carbons (Fsp3) is 0.521. The van der Waals surface area contributed by atoms with Crippen LogP contribution in [0.2, 0.25) is 0 Å². The summed E-state index contributed by atoms with van der Waals surface area (Å²) in [6.07, 6.45) is 7.64. The molecule has 0 fully saturated rings. The lowest BCUT2D eigenvalue weighted by Crippen LogP contribution is -2.45. The molecular weight excluding hydrogens is 778 g/mol. The van der Waals surface area contributed by atoms with Crippen LogP contribution in [0.25, 0.3) is 11.1 Å². The lowest BCUT2D eigenvalue weighted by atomic mass is 9.88. The molecule has 4 rings (SSSR count). The van der Waals surface area contributed by atoms with Gasteiger partial charge in [-0.1, -0.05) is 64.2 Å². The molecule has 0 saturated heterocycles. The average Bonchev–Trinajstić information content (AvgIpc) is 3.24. The van der Waals surface area contributed by atoms with Crippen molar-refractivity contribution in [2.24, 2.45) is 29.0 Å². The highest BCUT2D eigenvalue weighted by molar-refractivity contribution is 6.00. The molecule has 0 saturated carbocycles. The molecule has 0 spiro atoms. The maximum Gasteiger partial charge on any atom is 0.226 e. The number of hydrogen-bond acceptors (Lipinski definition) is 10. The second kappa shape index (κ2) is 24.5. The number of ketones is 3. The normalized spacial score (nSPS) is 17.2. The van der Waals surface area contributed by atoms with E-state index in [1.165, 1.54) is 50.3 Å². The average molecular weight is 844 g/mol. The Morgan fingerprint density at radius 2 is 1.49 bits per heavy atom. The van der Waals surface area contributed by atoms with Crippen molar-refractivity contribution in [1.82, 2.24) is 10.2 Å². The zero-order chi connectivity index (χ0) is 44.5. The van der Waals surface area contributed by atoms with E-state index in [1.807, 2.05) is 12.1 Å². The first-order valence-electron chi connectivity index (χ1n) is 21.9. The SMILES string of the molecule is CCCCCCCCc1ccc(C(=O)C[C@@H](CCCN)C(=O)N(C)[C@@H]2C(=O)C[C@@H](C)C(=O)N[C@H](C(C)=O)Cc3ccc(OCCN)c(c3)-c3cc2ccc3OCCN)c(F)c1. The maximum atomic E-state index is 15.5. The number of nitrogens with one attached hydrogen (secondary N) is 1. The third kappa shape index (κ3) is 13.8. The Morgan fingerprint density at radius 3 is 2.13 bits per heavy atom. The number of likely N-dealkylation sites (N-methyl/N-ethyl adjacent to an activating group) is 1. The van der Waals surface area contributed by atoms with Crippen molar-refractivity contribution in [3.8, 4) is 22.6 Å². The highest BCUT2D eigenvalue weighted by Gasteiger charge is 2.36. The Hall–Kier alpha value is -4.98. The van der Waals surface area contributed by atoms with Crippen molar-refractivity contribution in [2.45, 2.75) is 110 Å². The molecule has 3 aromatic carbocycles. The summed E-state index contributed by atoms with van der Waals surface area (Å²) in [6, 6.07) is 13.2. The summed E-state index contributed by atoms with van der Waals surface area (Å²) in [5, 5.41) is 2.83. The van der Waals surface area contributed by atoms with E-state index in [-0.39, 0.29) is 69.9 Å². The first-order valence-corrected chi connectivity index (χ1v) is 21.9. The molecule has 0 aromatic heterocycles. The van der Waals surface area contributed by atoms with Crippen LogP contribution in [0.3, 0.4) is 0 Å². The zero-order valence-corrected chi connectivity index (χ0v) is 36.4. The van der Waals surface area contributed by atoms with Crippen molar-refractivity contribution in [2.75, 3.05) is 39.9 Å². The molecule has 0 unspecified atom stereocenters. The standard InChI is InChI=1S/C48H66FN5O7/c1-5-6-7-8-9-10-12-33-14-17-37(40(49)27-33)42(56)30-36(13-11-20-50)48(59)54(4)46-35-16-19-45(61-24-22-52)39(29-35)38-26-34(15-18-44(38)60-23-21-51)28-41(32(3)55)53-47(58)31(2)25-43(46)57/h14-19,26-27,29,31,36,41,46H,5-13,20-25,28,30,50-52H2,1-4H3,(H,53,58)/t31-,36-,41+,46+/m1/s1. The number of aryl methyl sites for hydroxylation is 1. The van der Waals surface area contributed by atoms with Crippen LogP contribution in [0.5, 0.6) is 11.5 Å².